The van der Waals surface area contributed by atoms with Crippen LogP contribution in [0.15, 0.2) is 0 Å². The maximum absolute atomic E-state index is 3.50. The molecule has 3 radical (unpaired) electrons. The van der Waals surface area contributed by atoms with Gasteiger partial charge in [0, 0.05) is 10.2 Å². The average Bonchev–Trinajstić information content (AvgIpc) is 2.10. The lowest BCUT2D eigenvalue weighted by Crippen LogP contribution is -1.80. The monoisotopic (exact) mass is 183 g/mol. The molecule has 0 bridgehead atoms. The first-order chi connectivity index (χ1) is 5.91. The average molecular weight is 183 g/mol. The largest absolute Gasteiger partial charge is 0.0654 e. The Bertz CT molecular complexity index is 61.4. The Morgan fingerprint density at radius 3 is 1.50 bits per heavy atom. The standard InChI is InChI=1S/C11H23Si/c1-2-3-4-5-6-7-8-9-10-11-12/h2-11H2,1H3. The first-order valence-corrected chi connectivity index (χ1v) is 6.27. The van der Waals surface area contributed by atoms with Crippen molar-refractivity contribution in [2.45, 2.75) is 70.8 Å². The van der Waals surface area contributed by atoms with Gasteiger partial charge in [-0.15, -0.1) is 0 Å². The fraction of sp³-hybridized carbons (Fsp3) is 1.00. The molecule has 0 aliphatic heterocycles. The van der Waals surface area contributed by atoms with Crippen LogP contribution < -0.4 is 0 Å². The van der Waals surface area contributed by atoms with Gasteiger partial charge >= 0.3 is 0 Å². The van der Waals surface area contributed by atoms with Gasteiger partial charge in [0.2, 0.25) is 0 Å². The molecule has 0 atom stereocenters. The molecule has 0 saturated heterocycles. The summed E-state index contributed by atoms with van der Waals surface area (Å²) in [5.41, 5.74) is 0. The maximum atomic E-state index is 3.50. The lowest BCUT2D eigenvalue weighted by molar-refractivity contribution is 0.572. The molecule has 0 N–H and O–H groups in total. The van der Waals surface area contributed by atoms with E-state index in [1.54, 1.807) is 0 Å². The second kappa shape index (κ2) is 11.2. The summed E-state index contributed by atoms with van der Waals surface area (Å²) in [5, 5.41) is 0. The van der Waals surface area contributed by atoms with E-state index >= 15 is 0 Å². The zero-order chi connectivity index (χ0) is 9.07. The van der Waals surface area contributed by atoms with Crippen LogP contribution in [0, 0.1) is 0 Å². The summed E-state index contributed by atoms with van der Waals surface area (Å²) in [6.45, 7) is 2.27. The van der Waals surface area contributed by atoms with E-state index in [1.165, 1.54) is 63.8 Å². The number of hydrogen-bond donors (Lipinski definition) is 0. The Kier molecular flexibility index (Phi) is 11.4. The molecular weight excluding hydrogens is 160 g/mol. The minimum absolute atomic E-state index is 1.18. The van der Waals surface area contributed by atoms with Gasteiger partial charge in [0.05, 0.1) is 0 Å². The number of hydrogen-bond acceptors (Lipinski definition) is 0. The van der Waals surface area contributed by atoms with Crippen molar-refractivity contribution < 1.29 is 0 Å². The SMILES string of the molecule is CCCCCCCCCCC[Si]. The first-order valence-electron chi connectivity index (χ1n) is 5.56. The summed E-state index contributed by atoms with van der Waals surface area (Å²) in [4.78, 5) is 0. The van der Waals surface area contributed by atoms with Gasteiger partial charge in [-0.3, -0.25) is 0 Å². The van der Waals surface area contributed by atoms with Crippen molar-refractivity contribution in [3.05, 3.63) is 0 Å². The predicted octanol–water partition coefficient (Wildman–Crippen LogP) is 4.10. The number of unbranched alkanes of at least 4 members (excludes halogenated alkanes) is 8. The lowest BCUT2D eigenvalue weighted by atomic mass is 10.1. The van der Waals surface area contributed by atoms with E-state index in [2.05, 4.69) is 17.2 Å². The van der Waals surface area contributed by atoms with E-state index in [1.807, 2.05) is 0 Å². The molecule has 12 heavy (non-hydrogen) atoms. The molecule has 0 aromatic heterocycles. The van der Waals surface area contributed by atoms with Crippen LogP contribution in [0.3, 0.4) is 0 Å². The molecule has 71 valence electrons. The van der Waals surface area contributed by atoms with Crippen LogP contribution in [0.25, 0.3) is 0 Å². The molecule has 1 heteroatoms. The van der Waals surface area contributed by atoms with Crippen LogP contribution in [0.4, 0.5) is 0 Å². The van der Waals surface area contributed by atoms with E-state index in [-0.39, 0.29) is 0 Å². The Labute approximate surface area is 81.6 Å². The Balaban J connectivity index is 2.73. The van der Waals surface area contributed by atoms with Crippen LogP contribution in [-0.4, -0.2) is 10.2 Å². The molecule has 0 aliphatic rings. The molecule has 0 aromatic carbocycles. The molecule has 0 heterocycles. The van der Waals surface area contributed by atoms with Crippen molar-refractivity contribution >= 4 is 10.2 Å². The first kappa shape index (κ1) is 12.2. The van der Waals surface area contributed by atoms with Gasteiger partial charge in [0.1, 0.15) is 0 Å². The third-order valence-electron chi connectivity index (χ3n) is 2.28. The highest BCUT2D eigenvalue weighted by molar-refractivity contribution is 6.08. The van der Waals surface area contributed by atoms with Gasteiger partial charge in [-0.05, 0) is 0 Å². The summed E-state index contributed by atoms with van der Waals surface area (Å²) >= 11 is 0. The Morgan fingerprint density at radius 1 is 0.667 bits per heavy atom. The highest BCUT2D eigenvalue weighted by atomic mass is 28.1. The van der Waals surface area contributed by atoms with E-state index in [0.29, 0.717) is 0 Å². The van der Waals surface area contributed by atoms with Crippen molar-refractivity contribution in [2.24, 2.45) is 0 Å². The summed E-state index contributed by atoms with van der Waals surface area (Å²) in [6, 6.07) is 1.18. The third-order valence-corrected chi connectivity index (χ3v) is 2.63. The van der Waals surface area contributed by atoms with E-state index in [4.69, 9.17) is 0 Å². The molecule has 0 saturated carbocycles. The molecule has 0 fully saturated rings. The molecular formula is C11H23Si. The highest BCUT2D eigenvalue weighted by Crippen LogP contribution is 2.09. The second-order valence-electron chi connectivity index (χ2n) is 3.58. The normalized spacial score (nSPS) is 10.5. The van der Waals surface area contributed by atoms with Crippen LogP contribution in [0.2, 0.25) is 6.04 Å². The Hall–Kier alpha value is 0.217. The molecule has 0 rings (SSSR count). The minimum Gasteiger partial charge on any atom is -0.0654 e. The summed E-state index contributed by atoms with van der Waals surface area (Å²) in [7, 11) is 3.50. The zero-order valence-corrected chi connectivity index (χ0v) is 9.57. The highest BCUT2D eigenvalue weighted by Gasteiger charge is 1.90. The van der Waals surface area contributed by atoms with Crippen molar-refractivity contribution in [3.63, 3.8) is 0 Å². The molecule has 0 unspecified atom stereocenters. The minimum atomic E-state index is 1.18. The van der Waals surface area contributed by atoms with E-state index in [0.717, 1.165) is 0 Å². The smallest absolute Gasteiger partial charge is 0.0222 e. The van der Waals surface area contributed by atoms with Gasteiger partial charge in [-0.1, -0.05) is 70.8 Å². The van der Waals surface area contributed by atoms with Gasteiger partial charge in [0.25, 0.3) is 0 Å². The van der Waals surface area contributed by atoms with Crippen LogP contribution in [0.1, 0.15) is 64.7 Å². The fourth-order valence-corrected chi connectivity index (χ4v) is 1.69. The molecule has 0 spiro atoms. The summed E-state index contributed by atoms with van der Waals surface area (Å²) < 4.78 is 0. The topological polar surface area (TPSA) is 0 Å². The van der Waals surface area contributed by atoms with E-state index in [9.17, 15) is 0 Å². The number of rotatable bonds is 9. The van der Waals surface area contributed by atoms with Gasteiger partial charge in [-0.2, -0.15) is 0 Å². The summed E-state index contributed by atoms with van der Waals surface area (Å²) in [5.74, 6) is 0. The van der Waals surface area contributed by atoms with Crippen LogP contribution >= 0.6 is 0 Å². The second-order valence-corrected chi connectivity index (χ2v) is 4.08. The Morgan fingerprint density at radius 2 is 1.08 bits per heavy atom. The van der Waals surface area contributed by atoms with Crippen molar-refractivity contribution in [3.8, 4) is 0 Å². The van der Waals surface area contributed by atoms with Gasteiger partial charge in [-0.25, -0.2) is 0 Å². The zero-order valence-electron chi connectivity index (χ0n) is 8.57. The van der Waals surface area contributed by atoms with Crippen molar-refractivity contribution in [2.75, 3.05) is 0 Å². The summed E-state index contributed by atoms with van der Waals surface area (Å²) in [6.07, 6.45) is 12.8. The predicted molar refractivity (Wildman–Crippen MR) is 57.8 cm³/mol. The quantitative estimate of drug-likeness (QED) is 0.373. The molecule has 0 amide bonds. The molecule has 0 nitrogen and oxygen atoms in total. The molecule has 0 aliphatic carbocycles. The third kappa shape index (κ3) is 10.2. The lowest BCUT2D eigenvalue weighted by Gasteiger charge is -1.99. The van der Waals surface area contributed by atoms with Gasteiger partial charge in [0.15, 0.2) is 0 Å². The van der Waals surface area contributed by atoms with Gasteiger partial charge < -0.3 is 0 Å². The van der Waals surface area contributed by atoms with E-state index < -0.39 is 0 Å². The van der Waals surface area contributed by atoms with Crippen molar-refractivity contribution in [1.82, 2.24) is 0 Å². The molecule has 0 aromatic rings. The van der Waals surface area contributed by atoms with Crippen molar-refractivity contribution in [1.29, 1.82) is 0 Å². The van der Waals surface area contributed by atoms with Crippen LogP contribution in [-0.2, 0) is 0 Å². The maximum Gasteiger partial charge on any atom is 0.0222 e. The van der Waals surface area contributed by atoms with Crippen LogP contribution in [0.5, 0.6) is 0 Å². The fourth-order valence-electron chi connectivity index (χ4n) is 1.44.